The Morgan fingerprint density at radius 2 is 1.72 bits per heavy atom. The third-order valence-corrected chi connectivity index (χ3v) is 2.92. The van der Waals surface area contributed by atoms with E-state index in [1.807, 2.05) is 31.3 Å². The van der Waals surface area contributed by atoms with Crippen LogP contribution in [0.15, 0.2) is 47.4 Å². The number of aromatic nitrogens is 1. The largest absolute Gasteiger partial charge is 0.284 e. The summed E-state index contributed by atoms with van der Waals surface area (Å²) in [6.07, 6.45) is 2.95. The number of aryl methyl sites for hydroxylation is 1. The molecule has 1 heterocycles. The van der Waals surface area contributed by atoms with Crippen molar-refractivity contribution in [1.82, 2.24) is 4.57 Å². The van der Waals surface area contributed by atoms with Gasteiger partial charge in [0.25, 0.3) is 5.56 Å². The Morgan fingerprint density at radius 1 is 1.06 bits per heavy atom. The maximum absolute atomic E-state index is 11.8. The van der Waals surface area contributed by atoms with Crippen LogP contribution in [0.25, 0.3) is 5.69 Å². The molecule has 1 aromatic heterocycles. The van der Waals surface area contributed by atoms with Crippen molar-refractivity contribution in [3.63, 3.8) is 0 Å². The van der Waals surface area contributed by atoms with Crippen LogP contribution in [0.4, 0.5) is 0 Å². The molecule has 0 radical (unpaired) electrons. The molecule has 1 aromatic carbocycles. The van der Waals surface area contributed by atoms with Crippen LogP contribution < -0.4 is 5.56 Å². The summed E-state index contributed by atoms with van der Waals surface area (Å²) in [6.45, 7) is 6.40. The van der Waals surface area contributed by atoms with Crippen molar-refractivity contribution in [3.05, 3.63) is 64.1 Å². The summed E-state index contributed by atoms with van der Waals surface area (Å²) >= 11 is 0. The quantitative estimate of drug-likeness (QED) is 0.807. The minimum absolute atomic E-state index is 0.0113. The van der Waals surface area contributed by atoms with E-state index in [2.05, 4.69) is 26.0 Å². The van der Waals surface area contributed by atoms with Crippen molar-refractivity contribution in [3.8, 4) is 5.69 Å². The molecule has 0 spiro atoms. The second-order valence-corrected chi connectivity index (χ2v) is 5.18. The lowest BCUT2D eigenvalue weighted by atomic mass is 10.0. The second kappa shape index (κ2) is 5.21. The fraction of sp³-hybridized carbons (Fsp3) is 0.312. The number of nitrogens with zero attached hydrogens (tertiary/aromatic N) is 1. The number of benzene rings is 1. The summed E-state index contributed by atoms with van der Waals surface area (Å²) in [7, 11) is 0. The fourth-order valence-corrected chi connectivity index (χ4v) is 2.06. The van der Waals surface area contributed by atoms with Gasteiger partial charge >= 0.3 is 0 Å². The molecule has 0 saturated carbocycles. The van der Waals surface area contributed by atoms with Crippen LogP contribution >= 0.6 is 0 Å². The summed E-state index contributed by atoms with van der Waals surface area (Å²) in [5.41, 5.74) is 3.34. The van der Waals surface area contributed by atoms with Crippen LogP contribution in [-0.4, -0.2) is 4.57 Å². The zero-order chi connectivity index (χ0) is 13.1. The lowest BCUT2D eigenvalue weighted by molar-refractivity contribution is 0.647. The molecule has 2 heteroatoms. The van der Waals surface area contributed by atoms with Crippen LogP contribution in [0, 0.1) is 12.8 Å². The Hall–Kier alpha value is -1.83. The van der Waals surface area contributed by atoms with Crippen LogP contribution in [-0.2, 0) is 6.42 Å². The van der Waals surface area contributed by atoms with Gasteiger partial charge in [-0.25, -0.2) is 0 Å². The molecule has 2 aromatic rings. The summed E-state index contributed by atoms with van der Waals surface area (Å²) in [5.74, 6) is 0.651. The van der Waals surface area contributed by atoms with E-state index in [-0.39, 0.29) is 5.56 Å². The molecule has 0 atom stereocenters. The van der Waals surface area contributed by atoms with Gasteiger partial charge < -0.3 is 0 Å². The molecule has 0 saturated heterocycles. The predicted octanol–water partition coefficient (Wildman–Crippen LogP) is 3.34. The Kier molecular flexibility index (Phi) is 3.66. The van der Waals surface area contributed by atoms with Crippen LogP contribution in [0.3, 0.4) is 0 Å². The average molecular weight is 241 g/mol. The van der Waals surface area contributed by atoms with Gasteiger partial charge in [-0.3, -0.25) is 9.36 Å². The van der Waals surface area contributed by atoms with Gasteiger partial charge in [0.1, 0.15) is 0 Å². The highest BCUT2D eigenvalue weighted by Gasteiger charge is 2.01. The molecule has 0 aliphatic heterocycles. The van der Waals surface area contributed by atoms with E-state index in [0.717, 1.165) is 17.7 Å². The summed E-state index contributed by atoms with van der Waals surface area (Å²) in [5, 5.41) is 0. The Balaban J connectivity index is 2.34. The first-order valence-corrected chi connectivity index (χ1v) is 6.35. The highest BCUT2D eigenvalue weighted by atomic mass is 16.1. The molecule has 18 heavy (non-hydrogen) atoms. The van der Waals surface area contributed by atoms with Crippen LogP contribution in [0.1, 0.15) is 25.0 Å². The fourth-order valence-electron chi connectivity index (χ4n) is 2.06. The number of rotatable bonds is 3. The zero-order valence-electron chi connectivity index (χ0n) is 11.2. The summed E-state index contributed by atoms with van der Waals surface area (Å²) in [4.78, 5) is 11.8. The minimum atomic E-state index is 0.0113. The van der Waals surface area contributed by atoms with Crippen molar-refractivity contribution < 1.29 is 0 Å². The van der Waals surface area contributed by atoms with Crippen molar-refractivity contribution in [2.75, 3.05) is 0 Å². The molecule has 0 aliphatic rings. The third-order valence-electron chi connectivity index (χ3n) is 2.92. The zero-order valence-corrected chi connectivity index (χ0v) is 11.2. The number of hydrogen-bond acceptors (Lipinski definition) is 1. The molecule has 0 bridgehead atoms. The van der Waals surface area contributed by atoms with E-state index in [4.69, 9.17) is 0 Å². The molecule has 94 valence electrons. The SMILES string of the molecule is Cc1ccc(=O)n(-c2ccc(CC(C)C)cc2)c1. The van der Waals surface area contributed by atoms with Gasteiger partial charge in [-0.2, -0.15) is 0 Å². The normalized spacial score (nSPS) is 10.9. The smallest absolute Gasteiger partial charge is 0.255 e. The van der Waals surface area contributed by atoms with Gasteiger partial charge in [0.05, 0.1) is 0 Å². The summed E-state index contributed by atoms with van der Waals surface area (Å²) < 4.78 is 1.69. The molecular weight excluding hydrogens is 222 g/mol. The first-order valence-electron chi connectivity index (χ1n) is 6.35. The van der Waals surface area contributed by atoms with Crippen molar-refractivity contribution in [2.24, 2.45) is 5.92 Å². The molecule has 2 nitrogen and oxygen atoms in total. The monoisotopic (exact) mass is 241 g/mol. The molecule has 0 amide bonds. The van der Waals surface area contributed by atoms with Gasteiger partial charge in [-0.05, 0) is 42.5 Å². The third kappa shape index (κ3) is 2.89. The molecule has 0 N–H and O–H groups in total. The van der Waals surface area contributed by atoms with Crippen molar-refractivity contribution in [2.45, 2.75) is 27.2 Å². The van der Waals surface area contributed by atoms with Gasteiger partial charge in [0, 0.05) is 18.0 Å². The van der Waals surface area contributed by atoms with E-state index in [1.54, 1.807) is 10.6 Å². The molecule has 0 aliphatic carbocycles. The van der Waals surface area contributed by atoms with E-state index >= 15 is 0 Å². The van der Waals surface area contributed by atoms with E-state index in [9.17, 15) is 4.79 Å². The molecule has 0 unspecified atom stereocenters. The second-order valence-electron chi connectivity index (χ2n) is 5.18. The Morgan fingerprint density at radius 3 is 2.33 bits per heavy atom. The first kappa shape index (κ1) is 12.6. The lowest BCUT2D eigenvalue weighted by Gasteiger charge is -2.09. The van der Waals surface area contributed by atoms with E-state index in [1.165, 1.54) is 5.56 Å². The van der Waals surface area contributed by atoms with Gasteiger partial charge in [-0.15, -0.1) is 0 Å². The molecule has 0 fully saturated rings. The average Bonchev–Trinajstić information content (AvgIpc) is 2.33. The van der Waals surface area contributed by atoms with E-state index in [0.29, 0.717) is 5.92 Å². The number of pyridine rings is 1. The minimum Gasteiger partial charge on any atom is -0.284 e. The first-order chi connectivity index (χ1) is 8.56. The highest BCUT2D eigenvalue weighted by molar-refractivity contribution is 5.35. The van der Waals surface area contributed by atoms with Gasteiger partial charge in [0.15, 0.2) is 0 Å². The van der Waals surface area contributed by atoms with Crippen molar-refractivity contribution >= 4 is 0 Å². The van der Waals surface area contributed by atoms with Crippen LogP contribution in [0.2, 0.25) is 0 Å². The van der Waals surface area contributed by atoms with E-state index < -0.39 is 0 Å². The maximum Gasteiger partial charge on any atom is 0.255 e. The molecular formula is C16H19NO. The maximum atomic E-state index is 11.8. The summed E-state index contributed by atoms with van der Waals surface area (Å²) in [6, 6.07) is 11.7. The predicted molar refractivity (Wildman–Crippen MR) is 75.3 cm³/mol. The lowest BCUT2D eigenvalue weighted by Crippen LogP contribution is -2.16. The molecule has 2 rings (SSSR count). The Bertz CT molecular complexity index is 579. The van der Waals surface area contributed by atoms with Crippen LogP contribution in [0.5, 0.6) is 0 Å². The van der Waals surface area contributed by atoms with Gasteiger partial charge in [0.2, 0.25) is 0 Å². The Labute approximate surface area is 108 Å². The highest BCUT2D eigenvalue weighted by Crippen LogP contribution is 2.12. The number of hydrogen-bond donors (Lipinski definition) is 0. The standard InChI is InChI=1S/C16H19NO/c1-12(2)10-14-5-7-15(8-6-14)17-11-13(3)4-9-16(17)18/h4-9,11-12H,10H2,1-3H3. The van der Waals surface area contributed by atoms with Crippen molar-refractivity contribution in [1.29, 1.82) is 0 Å². The topological polar surface area (TPSA) is 22.0 Å². The van der Waals surface area contributed by atoms with Gasteiger partial charge in [-0.1, -0.05) is 32.0 Å².